The highest BCUT2D eigenvalue weighted by Gasteiger charge is 2.05. The van der Waals surface area contributed by atoms with E-state index >= 15 is 0 Å². The van der Waals surface area contributed by atoms with Crippen molar-refractivity contribution in [3.05, 3.63) is 28.8 Å². The summed E-state index contributed by atoms with van der Waals surface area (Å²) in [4.78, 5) is 11.0. The lowest BCUT2D eigenvalue weighted by Gasteiger charge is -2.08. The summed E-state index contributed by atoms with van der Waals surface area (Å²) in [5, 5.41) is 2.96. The highest BCUT2D eigenvalue weighted by molar-refractivity contribution is 6.32. The lowest BCUT2D eigenvalue weighted by Crippen LogP contribution is -2.24. The van der Waals surface area contributed by atoms with Crippen LogP contribution in [0.2, 0.25) is 5.02 Å². The van der Waals surface area contributed by atoms with Crippen LogP contribution >= 0.6 is 11.6 Å². The minimum atomic E-state index is -0.192. The van der Waals surface area contributed by atoms with Gasteiger partial charge in [0.05, 0.1) is 5.02 Å². The van der Waals surface area contributed by atoms with E-state index in [1.807, 2.05) is 6.07 Å². The first kappa shape index (κ1) is 12.8. The maximum absolute atomic E-state index is 11.0. The SMILES string of the molecule is CNC(=O)COc1ccc(CCN)cc1Cl. The fourth-order valence-corrected chi connectivity index (χ4v) is 1.46. The topological polar surface area (TPSA) is 64.3 Å². The van der Waals surface area contributed by atoms with Crippen LogP contribution in [0.25, 0.3) is 0 Å². The van der Waals surface area contributed by atoms with Gasteiger partial charge in [0.15, 0.2) is 6.61 Å². The van der Waals surface area contributed by atoms with Gasteiger partial charge in [-0.05, 0) is 30.7 Å². The Kier molecular flexibility index (Phi) is 5.08. The summed E-state index contributed by atoms with van der Waals surface area (Å²) >= 11 is 5.99. The Morgan fingerprint density at radius 3 is 2.88 bits per heavy atom. The molecule has 0 saturated carbocycles. The molecule has 0 unspecified atom stereocenters. The molecule has 4 nitrogen and oxygen atoms in total. The van der Waals surface area contributed by atoms with Gasteiger partial charge in [0.2, 0.25) is 0 Å². The molecule has 0 atom stereocenters. The second kappa shape index (κ2) is 6.35. The zero-order valence-electron chi connectivity index (χ0n) is 9.13. The molecule has 0 bridgehead atoms. The van der Waals surface area contributed by atoms with Crippen LogP contribution in [-0.2, 0) is 11.2 Å². The molecule has 1 aromatic carbocycles. The minimum Gasteiger partial charge on any atom is -0.482 e. The van der Waals surface area contributed by atoms with Gasteiger partial charge < -0.3 is 15.8 Å². The van der Waals surface area contributed by atoms with Crippen molar-refractivity contribution in [2.24, 2.45) is 5.73 Å². The van der Waals surface area contributed by atoms with Crippen LogP contribution in [0.5, 0.6) is 5.75 Å². The molecule has 0 heterocycles. The molecule has 0 aliphatic carbocycles. The van der Waals surface area contributed by atoms with Gasteiger partial charge in [-0.3, -0.25) is 4.79 Å². The molecule has 0 aliphatic rings. The first-order chi connectivity index (χ1) is 7.67. The number of carbonyl (C=O) groups excluding carboxylic acids is 1. The summed E-state index contributed by atoms with van der Waals surface area (Å²) in [6.07, 6.45) is 0.773. The summed E-state index contributed by atoms with van der Waals surface area (Å²) in [5.41, 5.74) is 6.49. The van der Waals surface area contributed by atoms with E-state index in [4.69, 9.17) is 22.1 Å². The van der Waals surface area contributed by atoms with E-state index in [0.29, 0.717) is 17.3 Å². The molecule has 0 fully saturated rings. The molecule has 88 valence electrons. The zero-order valence-corrected chi connectivity index (χ0v) is 9.88. The lowest BCUT2D eigenvalue weighted by atomic mass is 10.1. The predicted molar refractivity (Wildman–Crippen MR) is 63.8 cm³/mol. The van der Waals surface area contributed by atoms with E-state index in [-0.39, 0.29) is 12.5 Å². The number of likely N-dealkylation sites (N-methyl/N-ethyl adjacent to an activating group) is 1. The Bertz CT molecular complexity index is 369. The number of nitrogens with one attached hydrogen (secondary N) is 1. The van der Waals surface area contributed by atoms with Crippen LogP contribution in [0.15, 0.2) is 18.2 Å². The molecule has 1 rings (SSSR count). The van der Waals surface area contributed by atoms with E-state index < -0.39 is 0 Å². The van der Waals surface area contributed by atoms with Crippen molar-refractivity contribution in [2.75, 3.05) is 20.2 Å². The fraction of sp³-hybridized carbons (Fsp3) is 0.364. The summed E-state index contributed by atoms with van der Waals surface area (Å²) in [5.74, 6) is 0.313. The highest BCUT2D eigenvalue weighted by Crippen LogP contribution is 2.25. The number of halogens is 1. The van der Waals surface area contributed by atoms with Crippen LogP contribution < -0.4 is 15.8 Å². The molecule has 0 spiro atoms. The molecule has 1 aromatic rings. The van der Waals surface area contributed by atoms with E-state index in [2.05, 4.69) is 5.32 Å². The maximum Gasteiger partial charge on any atom is 0.257 e. The first-order valence-electron chi connectivity index (χ1n) is 4.99. The molecule has 0 aliphatic heterocycles. The normalized spacial score (nSPS) is 9.94. The second-order valence-corrected chi connectivity index (χ2v) is 3.67. The molecule has 1 amide bonds. The number of amides is 1. The second-order valence-electron chi connectivity index (χ2n) is 3.27. The molecular formula is C11H15ClN2O2. The number of hydrogen-bond acceptors (Lipinski definition) is 3. The smallest absolute Gasteiger partial charge is 0.257 e. The number of rotatable bonds is 5. The fourth-order valence-electron chi connectivity index (χ4n) is 1.20. The first-order valence-corrected chi connectivity index (χ1v) is 5.37. The monoisotopic (exact) mass is 242 g/mol. The van der Waals surface area contributed by atoms with Crippen molar-refractivity contribution in [1.29, 1.82) is 0 Å². The summed E-state index contributed by atoms with van der Waals surface area (Å²) < 4.78 is 5.25. The number of ether oxygens (including phenoxy) is 1. The van der Waals surface area contributed by atoms with Gasteiger partial charge in [-0.2, -0.15) is 0 Å². The van der Waals surface area contributed by atoms with Crippen molar-refractivity contribution in [2.45, 2.75) is 6.42 Å². The van der Waals surface area contributed by atoms with Gasteiger partial charge in [0, 0.05) is 7.05 Å². The van der Waals surface area contributed by atoms with Crippen LogP contribution in [-0.4, -0.2) is 26.1 Å². The van der Waals surface area contributed by atoms with E-state index in [9.17, 15) is 4.79 Å². The van der Waals surface area contributed by atoms with Crippen LogP contribution in [0, 0.1) is 0 Å². The van der Waals surface area contributed by atoms with E-state index in [0.717, 1.165) is 12.0 Å². The standard InChI is InChI=1S/C11H15ClN2O2/c1-14-11(15)7-16-10-3-2-8(4-5-13)6-9(10)12/h2-3,6H,4-5,7,13H2,1H3,(H,14,15). The van der Waals surface area contributed by atoms with Gasteiger partial charge in [-0.15, -0.1) is 0 Å². The third-order valence-corrected chi connectivity index (χ3v) is 2.36. The van der Waals surface area contributed by atoms with Gasteiger partial charge in [-0.25, -0.2) is 0 Å². The Labute approximate surface area is 99.7 Å². The molecular weight excluding hydrogens is 228 g/mol. The summed E-state index contributed by atoms with van der Waals surface area (Å²) in [6.45, 7) is 0.543. The maximum atomic E-state index is 11.0. The third kappa shape index (κ3) is 3.72. The Morgan fingerprint density at radius 1 is 1.56 bits per heavy atom. The third-order valence-electron chi connectivity index (χ3n) is 2.07. The zero-order chi connectivity index (χ0) is 12.0. The Morgan fingerprint density at radius 2 is 2.31 bits per heavy atom. The van der Waals surface area contributed by atoms with Gasteiger partial charge in [0.25, 0.3) is 5.91 Å². The van der Waals surface area contributed by atoms with E-state index in [1.54, 1.807) is 19.2 Å². The molecule has 0 radical (unpaired) electrons. The van der Waals surface area contributed by atoms with Crippen LogP contribution in [0.1, 0.15) is 5.56 Å². The number of hydrogen-bond donors (Lipinski definition) is 2. The van der Waals surface area contributed by atoms with E-state index in [1.165, 1.54) is 0 Å². The van der Waals surface area contributed by atoms with Crippen molar-refractivity contribution in [3.63, 3.8) is 0 Å². The van der Waals surface area contributed by atoms with Gasteiger partial charge in [-0.1, -0.05) is 17.7 Å². The van der Waals surface area contributed by atoms with Gasteiger partial charge in [0.1, 0.15) is 5.75 Å². The van der Waals surface area contributed by atoms with Crippen molar-refractivity contribution < 1.29 is 9.53 Å². The van der Waals surface area contributed by atoms with Crippen molar-refractivity contribution in [3.8, 4) is 5.75 Å². The molecule has 16 heavy (non-hydrogen) atoms. The largest absolute Gasteiger partial charge is 0.482 e. The minimum absolute atomic E-state index is 0.0353. The molecule has 3 N–H and O–H groups in total. The summed E-state index contributed by atoms with van der Waals surface area (Å²) in [7, 11) is 1.55. The Hall–Kier alpha value is -1.26. The number of carbonyl (C=O) groups is 1. The number of benzene rings is 1. The predicted octanol–water partition coefficient (Wildman–Crippen LogP) is 0.966. The molecule has 0 aromatic heterocycles. The number of nitrogens with two attached hydrogens (primary N) is 1. The summed E-state index contributed by atoms with van der Waals surface area (Å²) in [6, 6.07) is 5.43. The van der Waals surface area contributed by atoms with Crippen molar-refractivity contribution in [1.82, 2.24) is 5.32 Å². The van der Waals surface area contributed by atoms with Crippen LogP contribution in [0.3, 0.4) is 0 Å². The highest BCUT2D eigenvalue weighted by atomic mass is 35.5. The Balaban J connectivity index is 2.64. The quantitative estimate of drug-likeness (QED) is 0.809. The van der Waals surface area contributed by atoms with Crippen molar-refractivity contribution >= 4 is 17.5 Å². The molecule has 5 heteroatoms. The average Bonchev–Trinajstić information content (AvgIpc) is 2.28. The molecule has 0 saturated heterocycles. The van der Waals surface area contributed by atoms with Gasteiger partial charge >= 0.3 is 0 Å². The average molecular weight is 243 g/mol. The van der Waals surface area contributed by atoms with Crippen LogP contribution in [0.4, 0.5) is 0 Å². The lowest BCUT2D eigenvalue weighted by molar-refractivity contribution is -0.122.